The maximum absolute atomic E-state index is 11.3. The lowest BCUT2D eigenvalue weighted by atomic mass is 10.4. The minimum atomic E-state index is -0.938. The summed E-state index contributed by atoms with van der Waals surface area (Å²) in [6.07, 6.45) is 1.58. The highest BCUT2D eigenvalue weighted by Gasteiger charge is 2.14. The lowest BCUT2D eigenvalue weighted by molar-refractivity contribution is 0.0933. The van der Waals surface area contributed by atoms with Gasteiger partial charge in [-0.2, -0.15) is 5.21 Å². The number of hydrogen-bond donors (Lipinski definition) is 2. The largest absolute Gasteiger partial charge is 0.346 e. The van der Waals surface area contributed by atoms with E-state index in [-0.39, 0.29) is 11.9 Å². The maximum atomic E-state index is 11.3. The Morgan fingerprint density at radius 3 is 2.93 bits per heavy atom. The Labute approximate surface area is 83.1 Å². The molecule has 8 heteroatoms. The van der Waals surface area contributed by atoms with Crippen LogP contribution in [0, 0.1) is 0 Å². The second-order valence-corrected chi connectivity index (χ2v) is 4.33. The topological polar surface area (TPSA) is 101 Å². The number of carbonyl (C=O) groups is 1. The van der Waals surface area contributed by atoms with Gasteiger partial charge in [-0.15, -0.1) is 10.2 Å². The number of H-pyrrole nitrogens is 1. The van der Waals surface area contributed by atoms with Crippen LogP contribution >= 0.6 is 0 Å². The summed E-state index contributed by atoms with van der Waals surface area (Å²) >= 11 is 0. The molecule has 0 aliphatic heterocycles. The first-order valence-electron chi connectivity index (χ1n) is 3.94. The average molecular weight is 217 g/mol. The van der Waals surface area contributed by atoms with Crippen LogP contribution in [0.5, 0.6) is 0 Å². The monoisotopic (exact) mass is 217 g/mol. The molecule has 0 aliphatic rings. The van der Waals surface area contributed by atoms with Crippen LogP contribution in [0.15, 0.2) is 0 Å². The average Bonchev–Trinajstić information content (AvgIpc) is 2.53. The first-order chi connectivity index (χ1) is 6.59. The van der Waals surface area contributed by atoms with E-state index >= 15 is 0 Å². The third kappa shape index (κ3) is 3.21. The summed E-state index contributed by atoms with van der Waals surface area (Å²) in [5.41, 5.74) is 0. The first-order valence-corrected chi connectivity index (χ1v) is 5.66. The fourth-order valence-corrected chi connectivity index (χ4v) is 1.73. The summed E-state index contributed by atoms with van der Waals surface area (Å²) in [7, 11) is -0.938. The summed E-state index contributed by atoms with van der Waals surface area (Å²) in [5, 5.41) is 15.1. The van der Waals surface area contributed by atoms with Crippen LogP contribution in [0.3, 0.4) is 0 Å². The molecule has 78 valence electrons. The SMILES string of the molecule is CC(CS(C)=O)NC(=O)c1nn[nH]n1. The maximum Gasteiger partial charge on any atom is 0.293 e. The minimum absolute atomic E-state index is 0.0151. The highest BCUT2D eigenvalue weighted by molar-refractivity contribution is 7.84. The van der Waals surface area contributed by atoms with Gasteiger partial charge in [0.1, 0.15) is 0 Å². The molecule has 0 saturated carbocycles. The fourth-order valence-electron chi connectivity index (χ4n) is 0.940. The van der Waals surface area contributed by atoms with Gasteiger partial charge in [0.05, 0.1) is 0 Å². The van der Waals surface area contributed by atoms with E-state index in [0.717, 1.165) is 0 Å². The van der Waals surface area contributed by atoms with E-state index < -0.39 is 16.7 Å². The van der Waals surface area contributed by atoms with Crippen LogP contribution in [0.25, 0.3) is 0 Å². The number of aromatic nitrogens is 4. The molecule has 0 spiro atoms. The number of nitrogens with one attached hydrogen (secondary N) is 2. The molecule has 0 aliphatic carbocycles. The van der Waals surface area contributed by atoms with Crippen LogP contribution in [0.1, 0.15) is 17.5 Å². The van der Waals surface area contributed by atoms with E-state index in [0.29, 0.717) is 5.75 Å². The van der Waals surface area contributed by atoms with Gasteiger partial charge in [-0.1, -0.05) is 0 Å². The van der Waals surface area contributed by atoms with E-state index in [1.165, 1.54) is 0 Å². The minimum Gasteiger partial charge on any atom is -0.346 e. The molecule has 0 saturated heterocycles. The molecule has 0 radical (unpaired) electrons. The van der Waals surface area contributed by atoms with Crippen molar-refractivity contribution in [2.45, 2.75) is 13.0 Å². The van der Waals surface area contributed by atoms with Gasteiger partial charge in [-0.3, -0.25) is 9.00 Å². The van der Waals surface area contributed by atoms with E-state index in [1.807, 2.05) is 0 Å². The Kier molecular flexibility index (Phi) is 3.69. The molecule has 0 bridgehead atoms. The highest BCUT2D eigenvalue weighted by atomic mass is 32.2. The number of carbonyl (C=O) groups excluding carboxylic acids is 1. The fraction of sp³-hybridized carbons (Fsp3) is 0.667. The molecule has 7 nitrogen and oxygen atoms in total. The molecule has 2 unspecified atom stereocenters. The lowest BCUT2D eigenvalue weighted by Crippen LogP contribution is -2.36. The van der Waals surface area contributed by atoms with Crippen molar-refractivity contribution in [3.05, 3.63) is 5.82 Å². The standard InChI is InChI=1S/C6H11N5O2S/c1-4(3-14(2)13)7-6(12)5-8-10-11-9-5/h4H,3H2,1-2H3,(H,7,12)(H,8,9,10,11). The summed E-state index contributed by atoms with van der Waals surface area (Å²) in [5.74, 6) is -0.0284. The van der Waals surface area contributed by atoms with Gasteiger partial charge in [0, 0.05) is 28.9 Å². The van der Waals surface area contributed by atoms with Gasteiger partial charge in [0.25, 0.3) is 11.7 Å². The molecular weight excluding hydrogens is 206 g/mol. The Bertz CT molecular complexity index is 325. The number of amides is 1. The van der Waals surface area contributed by atoms with Crippen molar-refractivity contribution in [1.82, 2.24) is 25.9 Å². The van der Waals surface area contributed by atoms with E-state index in [4.69, 9.17) is 0 Å². The lowest BCUT2D eigenvalue weighted by Gasteiger charge is -2.09. The van der Waals surface area contributed by atoms with Crippen LogP contribution < -0.4 is 5.32 Å². The van der Waals surface area contributed by atoms with E-state index in [1.54, 1.807) is 13.2 Å². The second-order valence-electron chi connectivity index (χ2n) is 2.85. The van der Waals surface area contributed by atoms with Crippen molar-refractivity contribution < 1.29 is 9.00 Å². The third-order valence-electron chi connectivity index (χ3n) is 1.41. The highest BCUT2D eigenvalue weighted by Crippen LogP contribution is 1.89. The van der Waals surface area contributed by atoms with Crippen molar-refractivity contribution in [2.75, 3.05) is 12.0 Å². The Balaban J connectivity index is 2.45. The Morgan fingerprint density at radius 1 is 1.71 bits per heavy atom. The van der Waals surface area contributed by atoms with Crippen molar-refractivity contribution >= 4 is 16.7 Å². The Morgan fingerprint density at radius 2 is 2.43 bits per heavy atom. The summed E-state index contributed by atoms with van der Waals surface area (Å²) < 4.78 is 10.8. The van der Waals surface area contributed by atoms with Gasteiger partial charge in [0.15, 0.2) is 0 Å². The quantitative estimate of drug-likeness (QED) is 0.652. The van der Waals surface area contributed by atoms with Crippen molar-refractivity contribution in [1.29, 1.82) is 0 Å². The van der Waals surface area contributed by atoms with Crippen molar-refractivity contribution in [3.63, 3.8) is 0 Å². The normalized spacial score (nSPS) is 14.7. The molecule has 0 aromatic carbocycles. The van der Waals surface area contributed by atoms with Crippen LogP contribution in [-0.4, -0.2) is 48.8 Å². The summed E-state index contributed by atoms with van der Waals surface area (Å²) in [4.78, 5) is 11.3. The molecule has 1 rings (SSSR count). The molecule has 14 heavy (non-hydrogen) atoms. The first kappa shape index (κ1) is 10.8. The second kappa shape index (κ2) is 4.80. The van der Waals surface area contributed by atoms with E-state index in [9.17, 15) is 9.00 Å². The zero-order chi connectivity index (χ0) is 10.6. The number of hydrogen-bond acceptors (Lipinski definition) is 5. The van der Waals surface area contributed by atoms with Gasteiger partial charge >= 0.3 is 0 Å². The Hall–Kier alpha value is -1.31. The van der Waals surface area contributed by atoms with Crippen LogP contribution in [-0.2, 0) is 10.8 Å². The molecule has 0 fully saturated rings. The number of tetrazole rings is 1. The third-order valence-corrected chi connectivity index (χ3v) is 2.38. The van der Waals surface area contributed by atoms with Gasteiger partial charge in [0.2, 0.25) is 0 Å². The molecule has 1 amide bonds. The molecule has 2 atom stereocenters. The van der Waals surface area contributed by atoms with Crippen LogP contribution in [0.4, 0.5) is 0 Å². The molecule has 1 heterocycles. The van der Waals surface area contributed by atoms with Gasteiger partial charge < -0.3 is 5.32 Å². The molecule has 2 N–H and O–H groups in total. The smallest absolute Gasteiger partial charge is 0.293 e. The zero-order valence-corrected chi connectivity index (χ0v) is 8.67. The molecule has 1 aromatic heterocycles. The van der Waals surface area contributed by atoms with Gasteiger partial charge in [-0.25, -0.2) is 0 Å². The molecular formula is C6H11N5O2S. The van der Waals surface area contributed by atoms with Crippen LogP contribution in [0.2, 0.25) is 0 Å². The number of rotatable bonds is 4. The number of nitrogens with zero attached hydrogens (tertiary/aromatic N) is 3. The van der Waals surface area contributed by atoms with E-state index in [2.05, 4.69) is 25.9 Å². The predicted octanol–water partition coefficient (Wildman–Crippen LogP) is -1.30. The summed E-state index contributed by atoms with van der Waals surface area (Å²) in [6, 6.07) is -0.174. The van der Waals surface area contributed by atoms with Crippen molar-refractivity contribution in [2.24, 2.45) is 0 Å². The molecule has 1 aromatic rings. The summed E-state index contributed by atoms with van der Waals surface area (Å²) in [6.45, 7) is 1.76. The zero-order valence-electron chi connectivity index (χ0n) is 7.85. The predicted molar refractivity (Wildman–Crippen MR) is 50.0 cm³/mol. The van der Waals surface area contributed by atoms with Gasteiger partial charge in [-0.05, 0) is 12.1 Å². The van der Waals surface area contributed by atoms with Crippen molar-refractivity contribution in [3.8, 4) is 0 Å². The number of aromatic amines is 1.